The molecule has 0 aliphatic rings. The number of hydrogen-bond donors (Lipinski definition) is 1. The second-order valence-electron chi connectivity index (χ2n) is 3.62. The van der Waals surface area contributed by atoms with E-state index in [9.17, 15) is 8.78 Å². The van der Waals surface area contributed by atoms with E-state index in [2.05, 4.69) is 21.2 Å². The van der Waals surface area contributed by atoms with Gasteiger partial charge in [0, 0.05) is 16.6 Å². The Morgan fingerprint density at radius 3 is 2.82 bits per heavy atom. The number of halogens is 3. The van der Waals surface area contributed by atoms with Crippen LogP contribution in [0.4, 0.5) is 8.78 Å². The average Bonchev–Trinajstić information content (AvgIpc) is 2.27. The highest BCUT2D eigenvalue weighted by atomic mass is 79.9. The summed E-state index contributed by atoms with van der Waals surface area (Å²) in [7, 11) is 0. The third kappa shape index (κ3) is 5.46. The highest BCUT2D eigenvalue weighted by Gasteiger charge is 2.06. The molecule has 0 heterocycles. The van der Waals surface area contributed by atoms with Crippen molar-refractivity contribution in [1.82, 2.24) is 5.32 Å². The van der Waals surface area contributed by atoms with Gasteiger partial charge >= 0.3 is 0 Å². The van der Waals surface area contributed by atoms with Gasteiger partial charge in [-0.1, -0.05) is 22.9 Å². The minimum Gasteiger partial charge on any atom is -0.493 e. The van der Waals surface area contributed by atoms with Gasteiger partial charge in [-0.05, 0) is 24.6 Å². The average molecular weight is 308 g/mol. The molecule has 1 aromatic rings. The quantitative estimate of drug-likeness (QED) is 0.831. The molecule has 1 N–H and O–H groups in total. The molecule has 1 aromatic carbocycles. The first-order valence-electron chi connectivity index (χ1n) is 5.53. The van der Waals surface area contributed by atoms with E-state index in [1.807, 2.05) is 25.1 Å². The molecule has 2 nitrogen and oxygen atoms in total. The van der Waals surface area contributed by atoms with Gasteiger partial charge < -0.3 is 10.1 Å². The monoisotopic (exact) mass is 307 g/mol. The summed E-state index contributed by atoms with van der Waals surface area (Å²) >= 11 is 3.35. The van der Waals surface area contributed by atoms with E-state index in [4.69, 9.17) is 4.74 Å². The molecule has 0 amide bonds. The smallest absolute Gasteiger partial charge is 0.250 e. The van der Waals surface area contributed by atoms with Crippen molar-refractivity contribution >= 4 is 15.9 Å². The Morgan fingerprint density at radius 2 is 2.18 bits per heavy atom. The maximum absolute atomic E-state index is 12.0. The molecule has 96 valence electrons. The first-order valence-corrected chi connectivity index (χ1v) is 6.33. The van der Waals surface area contributed by atoms with Crippen LogP contribution in [0, 0.1) is 0 Å². The summed E-state index contributed by atoms with van der Waals surface area (Å²) in [4.78, 5) is 0. The summed E-state index contributed by atoms with van der Waals surface area (Å²) in [5.41, 5.74) is 0.883. The molecule has 0 radical (unpaired) electrons. The molecule has 0 fully saturated rings. The van der Waals surface area contributed by atoms with Crippen LogP contribution in [0.5, 0.6) is 5.75 Å². The minimum atomic E-state index is -2.33. The first-order chi connectivity index (χ1) is 8.13. The predicted molar refractivity (Wildman–Crippen MR) is 67.6 cm³/mol. The lowest BCUT2D eigenvalue weighted by Gasteiger charge is -2.12. The van der Waals surface area contributed by atoms with Crippen LogP contribution < -0.4 is 10.1 Å². The Kier molecular flexibility index (Phi) is 6.44. The van der Waals surface area contributed by atoms with Gasteiger partial charge in [0.05, 0.1) is 13.2 Å². The van der Waals surface area contributed by atoms with Crippen molar-refractivity contribution in [2.45, 2.75) is 26.3 Å². The van der Waals surface area contributed by atoms with Crippen LogP contribution in [-0.4, -0.2) is 19.6 Å². The van der Waals surface area contributed by atoms with Crippen molar-refractivity contribution in [2.75, 3.05) is 13.2 Å². The number of nitrogens with one attached hydrogen (secondary N) is 1. The Bertz CT molecular complexity index is 347. The van der Waals surface area contributed by atoms with E-state index in [1.54, 1.807) is 0 Å². The van der Waals surface area contributed by atoms with Gasteiger partial charge in [0.2, 0.25) is 0 Å². The van der Waals surface area contributed by atoms with Crippen LogP contribution in [-0.2, 0) is 6.54 Å². The number of rotatable bonds is 7. The van der Waals surface area contributed by atoms with Gasteiger partial charge in [-0.25, -0.2) is 8.78 Å². The number of ether oxygens (including phenoxy) is 1. The van der Waals surface area contributed by atoms with E-state index in [-0.39, 0.29) is 6.54 Å². The summed E-state index contributed by atoms with van der Waals surface area (Å²) in [5.74, 6) is 0.747. The number of alkyl halides is 2. The van der Waals surface area contributed by atoms with E-state index < -0.39 is 6.43 Å². The summed E-state index contributed by atoms with van der Waals surface area (Å²) in [6.07, 6.45) is -1.41. The molecule has 0 unspecified atom stereocenters. The van der Waals surface area contributed by atoms with E-state index in [0.29, 0.717) is 13.2 Å². The fraction of sp³-hybridized carbons (Fsp3) is 0.500. The Labute approximate surface area is 108 Å². The van der Waals surface area contributed by atoms with Gasteiger partial charge in [-0.3, -0.25) is 0 Å². The van der Waals surface area contributed by atoms with Crippen molar-refractivity contribution in [3.8, 4) is 5.75 Å². The Morgan fingerprint density at radius 1 is 1.41 bits per heavy atom. The number of hydrogen-bond acceptors (Lipinski definition) is 2. The van der Waals surface area contributed by atoms with Gasteiger partial charge in [0.1, 0.15) is 5.75 Å². The topological polar surface area (TPSA) is 21.3 Å². The van der Waals surface area contributed by atoms with Crippen molar-refractivity contribution in [3.05, 3.63) is 28.2 Å². The van der Waals surface area contributed by atoms with Crippen LogP contribution >= 0.6 is 15.9 Å². The predicted octanol–water partition coefficient (Wildman–Crippen LogP) is 3.59. The van der Waals surface area contributed by atoms with Gasteiger partial charge in [-0.2, -0.15) is 0 Å². The maximum Gasteiger partial charge on any atom is 0.250 e. The molecule has 1 rings (SSSR count). The normalized spacial score (nSPS) is 10.9. The molecule has 17 heavy (non-hydrogen) atoms. The molecule has 0 aromatic heterocycles. The molecule has 5 heteroatoms. The summed E-state index contributed by atoms with van der Waals surface area (Å²) in [5, 5.41) is 2.69. The lowest BCUT2D eigenvalue weighted by Crippen LogP contribution is -2.21. The molecule has 0 aliphatic heterocycles. The molecule has 0 bridgehead atoms. The van der Waals surface area contributed by atoms with Crippen LogP contribution in [0.2, 0.25) is 0 Å². The summed E-state index contributed by atoms with van der Waals surface area (Å²) in [6.45, 7) is 2.72. The first kappa shape index (κ1) is 14.4. The summed E-state index contributed by atoms with van der Waals surface area (Å²) < 4.78 is 30.5. The lowest BCUT2D eigenvalue weighted by molar-refractivity contribution is 0.145. The van der Waals surface area contributed by atoms with Crippen molar-refractivity contribution in [3.63, 3.8) is 0 Å². The highest BCUT2D eigenvalue weighted by molar-refractivity contribution is 9.10. The molecule has 0 saturated heterocycles. The van der Waals surface area contributed by atoms with Crippen LogP contribution in [0.25, 0.3) is 0 Å². The highest BCUT2D eigenvalue weighted by Crippen LogP contribution is 2.23. The second-order valence-corrected chi connectivity index (χ2v) is 4.54. The van der Waals surface area contributed by atoms with E-state index >= 15 is 0 Å². The summed E-state index contributed by atoms with van der Waals surface area (Å²) in [6, 6.07) is 5.60. The van der Waals surface area contributed by atoms with Crippen molar-refractivity contribution in [1.29, 1.82) is 0 Å². The largest absolute Gasteiger partial charge is 0.493 e. The van der Waals surface area contributed by atoms with Crippen LogP contribution in [0.15, 0.2) is 22.7 Å². The van der Waals surface area contributed by atoms with Crippen LogP contribution in [0.3, 0.4) is 0 Å². The fourth-order valence-electron chi connectivity index (χ4n) is 1.35. The minimum absolute atomic E-state index is 0.306. The zero-order valence-electron chi connectivity index (χ0n) is 9.68. The second kappa shape index (κ2) is 7.61. The number of benzene rings is 1. The zero-order chi connectivity index (χ0) is 12.7. The molecular weight excluding hydrogens is 292 g/mol. The molecule has 0 saturated carbocycles. The van der Waals surface area contributed by atoms with Gasteiger partial charge in [-0.15, -0.1) is 0 Å². The third-order valence-corrected chi connectivity index (χ3v) is 2.59. The maximum atomic E-state index is 12.0. The Balaban J connectivity index is 2.62. The van der Waals surface area contributed by atoms with Gasteiger partial charge in [0.15, 0.2) is 0 Å². The standard InChI is InChI=1S/C12H16BrF2NO/c1-2-5-17-11-4-3-10(13)6-9(11)7-16-8-12(14)15/h3-4,6,12,16H,2,5,7-8H2,1H3. The van der Waals surface area contributed by atoms with E-state index in [0.717, 1.165) is 22.2 Å². The van der Waals surface area contributed by atoms with E-state index in [1.165, 1.54) is 0 Å². The molecular formula is C12H16BrF2NO. The third-order valence-electron chi connectivity index (χ3n) is 2.10. The fourth-order valence-corrected chi connectivity index (χ4v) is 1.76. The Hall–Kier alpha value is -0.680. The van der Waals surface area contributed by atoms with Crippen molar-refractivity contribution < 1.29 is 13.5 Å². The molecule has 0 spiro atoms. The molecule has 0 aliphatic carbocycles. The van der Waals surface area contributed by atoms with Gasteiger partial charge in [0.25, 0.3) is 6.43 Å². The molecule has 0 atom stereocenters. The zero-order valence-corrected chi connectivity index (χ0v) is 11.3. The lowest BCUT2D eigenvalue weighted by atomic mass is 10.2. The van der Waals surface area contributed by atoms with Crippen molar-refractivity contribution in [2.24, 2.45) is 0 Å². The SMILES string of the molecule is CCCOc1ccc(Br)cc1CNCC(F)F. The van der Waals surface area contributed by atoms with Crippen LogP contribution in [0.1, 0.15) is 18.9 Å².